The quantitative estimate of drug-likeness (QED) is 0.388. The molecule has 9 heteroatoms. The van der Waals surface area contributed by atoms with Crippen LogP contribution in [-0.4, -0.2) is 66.9 Å². The van der Waals surface area contributed by atoms with E-state index in [2.05, 4.69) is 50.8 Å². The second-order valence-electron chi connectivity index (χ2n) is 12.9. The van der Waals surface area contributed by atoms with Crippen molar-refractivity contribution in [2.75, 3.05) is 31.1 Å². The van der Waals surface area contributed by atoms with Crippen LogP contribution in [0.25, 0.3) is 0 Å². The molecule has 9 nitrogen and oxygen atoms in total. The molecule has 220 valence electrons. The Labute approximate surface area is 237 Å². The van der Waals surface area contributed by atoms with Crippen LogP contribution < -0.4 is 4.90 Å². The molecule has 40 heavy (non-hydrogen) atoms. The molecule has 5 saturated heterocycles. The first kappa shape index (κ1) is 27.9. The molecule has 1 aromatic carbocycles. The predicted octanol–water partition coefficient (Wildman–Crippen LogP) is 4.48. The van der Waals surface area contributed by atoms with Gasteiger partial charge in [-0.3, -0.25) is 9.59 Å². The molecule has 1 amide bonds. The highest BCUT2D eigenvalue weighted by molar-refractivity contribution is 5.81. The fourth-order valence-electron chi connectivity index (χ4n) is 7.82. The van der Waals surface area contributed by atoms with E-state index in [4.69, 9.17) is 24.0 Å². The Balaban J connectivity index is 1.04. The Morgan fingerprint density at radius 3 is 2.55 bits per heavy atom. The summed E-state index contributed by atoms with van der Waals surface area (Å²) in [6.07, 6.45) is 2.46. The number of nitrogens with zero attached hydrogens (tertiary/aromatic N) is 2. The van der Waals surface area contributed by atoms with E-state index < -0.39 is 29.9 Å². The molecule has 5 heterocycles. The van der Waals surface area contributed by atoms with Gasteiger partial charge in [-0.2, -0.15) is 0 Å². The van der Waals surface area contributed by atoms with Gasteiger partial charge in [0, 0.05) is 56.5 Å². The molecular formula is C31H44N2O7. The fraction of sp³-hybridized carbons (Fsp3) is 0.742. The molecule has 0 aromatic heterocycles. The first-order valence-electron chi connectivity index (χ1n) is 15.1. The Morgan fingerprint density at radius 1 is 1.00 bits per heavy atom. The SMILES string of the molecule is Cc1ccc(C)c(N2CCN(C(=O)CCC(=O)O[C@@H]3O[C@@H]4O[C@]5(C)CC[C@H]6[C@H](C)CC[C@@H]([C@H]3C)[C@@]46OO5)CC2)c1. The maximum Gasteiger partial charge on any atom is 0.308 e. The maximum absolute atomic E-state index is 13.0. The summed E-state index contributed by atoms with van der Waals surface area (Å²) in [4.78, 5) is 42.1. The van der Waals surface area contributed by atoms with Gasteiger partial charge >= 0.3 is 5.97 Å². The summed E-state index contributed by atoms with van der Waals surface area (Å²) in [5.74, 6) is -0.579. The number of aryl methyl sites for hydroxylation is 2. The largest absolute Gasteiger partial charge is 0.435 e. The van der Waals surface area contributed by atoms with Crippen LogP contribution in [0.5, 0.6) is 0 Å². The number of amides is 1. The van der Waals surface area contributed by atoms with Crippen LogP contribution in [0.3, 0.4) is 0 Å². The zero-order valence-electron chi connectivity index (χ0n) is 24.5. The molecule has 2 bridgehead atoms. The molecule has 1 saturated carbocycles. The Hall–Kier alpha value is -2.20. The second-order valence-corrected chi connectivity index (χ2v) is 12.9. The van der Waals surface area contributed by atoms with Gasteiger partial charge in [0.15, 0.2) is 11.9 Å². The van der Waals surface area contributed by atoms with Gasteiger partial charge < -0.3 is 24.0 Å². The highest BCUT2D eigenvalue weighted by Crippen LogP contribution is 2.60. The Kier molecular flexibility index (Phi) is 7.38. The molecule has 6 aliphatic rings. The smallest absolute Gasteiger partial charge is 0.308 e. The van der Waals surface area contributed by atoms with E-state index >= 15 is 0 Å². The molecule has 8 atom stereocenters. The van der Waals surface area contributed by atoms with Crippen molar-refractivity contribution >= 4 is 17.6 Å². The number of benzene rings is 1. The minimum absolute atomic E-state index is 0.0128. The number of hydrogen-bond donors (Lipinski definition) is 0. The molecule has 7 rings (SSSR count). The van der Waals surface area contributed by atoms with Crippen molar-refractivity contribution < 1.29 is 33.6 Å². The Morgan fingerprint density at radius 2 is 1.77 bits per heavy atom. The third kappa shape index (κ3) is 4.82. The molecule has 1 aromatic rings. The van der Waals surface area contributed by atoms with E-state index in [1.54, 1.807) is 0 Å². The molecule has 1 spiro atoms. The van der Waals surface area contributed by atoms with E-state index in [0.717, 1.165) is 38.8 Å². The third-order valence-electron chi connectivity index (χ3n) is 10.2. The maximum atomic E-state index is 13.0. The lowest BCUT2D eigenvalue weighted by molar-refractivity contribution is -0.576. The van der Waals surface area contributed by atoms with Crippen molar-refractivity contribution in [3.05, 3.63) is 29.3 Å². The number of fused-ring (bicyclic) bond motifs is 2. The van der Waals surface area contributed by atoms with Crippen LogP contribution in [0.4, 0.5) is 5.69 Å². The van der Waals surface area contributed by atoms with E-state index in [0.29, 0.717) is 19.0 Å². The summed E-state index contributed by atoms with van der Waals surface area (Å²) in [5, 5.41) is 0. The topological polar surface area (TPSA) is 86.8 Å². The minimum Gasteiger partial charge on any atom is -0.435 e. The van der Waals surface area contributed by atoms with E-state index in [-0.39, 0.29) is 36.5 Å². The van der Waals surface area contributed by atoms with Gasteiger partial charge in [0.1, 0.15) is 0 Å². The summed E-state index contributed by atoms with van der Waals surface area (Å²) in [6, 6.07) is 6.47. The van der Waals surface area contributed by atoms with Gasteiger partial charge in [-0.25, -0.2) is 9.78 Å². The number of hydrogen-bond acceptors (Lipinski definition) is 8. The van der Waals surface area contributed by atoms with Crippen molar-refractivity contribution in [2.45, 2.75) is 97.1 Å². The molecule has 1 aliphatic carbocycles. The first-order chi connectivity index (χ1) is 19.1. The average Bonchev–Trinajstić information content (AvgIpc) is 3.17. The zero-order valence-corrected chi connectivity index (χ0v) is 24.5. The lowest BCUT2D eigenvalue weighted by Crippen LogP contribution is -2.70. The van der Waals surface area contributed by atoms with Crippen molar-refractivity contribution in [3.63, 3.8) is 0 Å². The van der Waals surface area contributed by atoms with Gasteiger partial charge in [0.2, 0.25) is 18.0 Å². The van der Waals surface area contributed by atoms with Crippen molar-refractivity contribution in [1.82, 2.24) is 4.90 Å². The zero-order chi connectivity index (χ0) is 28.2. The monoisotopic (exact) mass is 556 g/mol. The van der Waals surface area contributed by atoms with Gasteiger partial charge in [-0.15, -0.1) is 0 Å². The van der Waals surface area contributed by atoms with Crippen molar-refractivity contribution in [3.8, 4) is 0 Å². The fourth-order valence-corrected chi connectivity index (χ4v) is 7.82. The molecule has 0 N–H and O–H groups in total. The lowest BCUT2D eigenvalue weighted by atomic mass is 9.58. The number of esters is 1. The summed E-state index contributed by atoms with van der Waals surface area (Å²) < 4.78 is 18.6. The summed E-state index contributed by atoms with van der Waals surface area (Å²) in [7, 11) is 0. The molecular weight excluding hydrogens is 512 g/mol. The first-order valence-corrected chi connectivity index (χ1v) is 15.1. The van der Waals surface area contributed by atoms with Crippen LogP contribution in [0.15, 0.2) is 18.2 Å². The minimum atomic E-state index is -0.874. The van der Waals surface area contributed by atoms with Gasteiger partial charge in [0.05, 0.1) is 6.42 Å². The van der Waals surface area contributed by atoms with Crippen LogP contribution in [0, 0.1) is 37.5 Å². The normalized spacial score (nSPS) is 38.9. The number of anilines is 1. The van der Waals surface area contributed by atoms with Gasteiger partial charge in [0.25, 0.3) is 0 Å². The number of carbonyl (C=O) groups excluding carboxylic acids is 2. The molecule has 6 fully saturated rings. The summed E-state index contributed by atoms with van der Waals surface area (Å²) in [5.41, 5.74) is 3.02. The average molecular weight is 557 g/mol. The van der Waals surface area contributed by atoms with Crippen LogP contribution in [-0.2, 0) is 33.6 Å². The highest BCUT2D eigenvalue weighted by Gasteiger charge is 2.69. The van der Waals surface area contributed by atoms with Crippen molar-refractivity contribution in [2.24, 2.45) is 23.7 Å². The lowest BCUT2D eigenvalue weighted by Gasteiger charge is -2.59. The Bertz CT molecular complexity index is 1140. The molecule has 0 radical (unpaired) electrons. The number of carbonyl (C=O) groups is 2. The van der Waals surface area contributed by atoms with E-state index in [9.17, 15) is 9.59 Å². The number of rotatable bonds is 5. The molecule has 5 aliphatic heterocycles. The van der Waals surface area contributed by atoms with E-state index in [1.807, 2.05) is 11.8 Å². The third-order valence-corrected chi connectivity index (χ3v) is 10.2. The number of piperazine rings is 1. The van der Waals surface area contributed by atoms with Crippen molar-refractivity contribution in [1.29, 1.82) is 0 Å². The summed E-state index contributed by atoms with van der Waals surface area (Å²) >= 11 is 0. The van der Waals surface area contributed by atoms with Crippen LogP contribution in [0.1, 0.15) is 70.4 Å². The van der Waals surface area contributed by atoms with Gasteiger partial charge in [-0.05, 0) is 69.1 Å². The second kappa shape index (κ2) is 10.6. The number of ether oxygens (including phenoxy) is 3. The summed E-state index contributed by atoms with van der Waals surface area (Å²) in [6.45, 7) is 13.3. The molecule has 0 unspecified atom stereocenters. The van der Waals surface area contributed by atoms with Gasteiger partial charge in [-0.1, -0.05) is 26.0 Å². The van der Waals surface area contributed by atoms with E-state index in [1.165, 1.54) is 16.8 Å². The van der Waals surface area contributed by atoms with Crippen LogP contribution in [0.2, 0.25) is 0 Å². The predicted molar refractivity (Wildman–Crippen MR) is 147 cm³/mol. The van der Waals surface area contributed by atoms with Crippen LogP contribution >= 0.6 is 0 Å². The standard InChI is InChI=1S/C31H44N2O7/c1-19-6-7-21(3)25(18-19)32-14-16-33(17-15-32)26(34)10-11-27(35)36-28-22(4)24-9-8-20(2)23-12-13-30(5)38-29(37-28)31(23,24)40-39-30/h6-7,18,20,22-24,28-29H,8-17H2,1-5H3/t20-,22-,23+,24+,28-,29-,30+,31-/m1/s1. The highest BCUT2D eigenvalue weighted by atomic mass is 17.3.